The van der Waals surface area contributed by atoms with Crippen molar-refractivity contribution in [3.8, 4) is 0 Å². The van der Waals surface area contributed by atoms with Gasteiger partial charge in [0, 0.05) is 37.1 Å². The highest BCUT2D eigenvalue weighted by Crippen LogP contribution is 2.21. The van der Waals surface area contributed by atoms with Crippen molar-refractivity contribution < 1.29 is 4.79 Å². The molecule has 7 heteroatoms. The van der Waals surface area contributed by atoms with Crippen LogP contribution in [0.4, 0.5) is 0 Å². The van der Waals surface area contributed by atoms with Crippen LogP contribution in [0, 0.1) is 5.92 Å². The van der Waals surface area contributed by atoms with Crippen LogP contribution in [0.5, 0.6) is 0 Å². The van der Waals surface area contributed by atoms with E-state index in [9.17, 15) is 4.79 Å². The Balaban J connectivity index is 0.00000210. The summed E-state index contributed by atoms with van der Waals surface area (Å²) in [5.74, 6) is 3.28. The second-order valence-corrected chi connectivity index (χ2v) is 9.11. The van der Waals surface area contributed by atoms with Crippen molar-refractivity contribution in [1.82, 2.24) is 15.5 Å². The fourth-order valence-corrected chi connectivity index (χ4v) is 5.05. The van der Waals surface area contributed by atoms with E-state index in [-0.39, 0.29) is 30.7 Å². The van der Waals surface area contributed by atoms with E-state index in [0.717, 1.165) is 31.2 Å². The first kappa shape index (κ1) is 26.6. The number of nitrogens with one attached hydrogen (secondary N) is 2. The van der Waals surface area contributed by atoms with Crippen LogP contribution in [0.2, 0.25) is 0 Å². The maximum absolute atomic E-state index is 12.0. The lowest BCUT2D eigenvalue weighted by Gasteiger charge is -2.32. The molecule has 0 radical (unpaired) electrons. The molecule has 1 aromatic rings. The molecule has 0 aromatic heterocycles. The molecule has 4 nitrogen and oxygen atoms in total. The number of hydrogen-bond donors (Lipinski definition) is 2. The lowest BCUT2D eigenvalue weighted by molar-refractivity contribution is -0.121. The van der Waals surface area contributed by atoms with Crippen LogP contribution in [0.15, 0.2) is 30.3 Å². The average Bonchev–Trinajstić information content (AvgIpc) is 2.70. The number of halogens is 2. The Kier molecular flexibility index (Phi) is 14.1. The summed E-state index contributed by atoms with van der Waals surface area (Å²) in [6.07, 6.45) is 6.76. The molecule has 166 valence electrons. The van der Waals surface area contributed by atoms with Gasteiger partial charge in [0.1, 0.15) is 0 Å². The Hall–Kier alpha value is -0.460. The van der Waals surface area contributed by atoms with Gasteiger partial charge < -0.3 is 15.5 Å². The van der Waals surface area contributed by atoms with Crippen molar-refractivity contribution in [1.29, 1.82) is 0 Å². The van der Waals surface area contributed by atoms with Gasteiger partial charge in [-0.25, -0.2) is 0 Å². The summed E-state index contributed by atoms with van der Waals surface area (Å²) in [5.41, 5.74) is 1.48. The van der Waals surface area contributed by atoms with Gasteiger partial charge in [0.05, 0.1) is 0 Å². The van der Waals surface area contributed by atoms with Gasteiger partial charge in [0.25, 0.3) is 0 Å². The van der Waals surface area contributed by atoms with Gasteiger partial charge in [-0.3, -0.25) is 4.79 Å². The molecule has 0 bridgehead atoms. The highest BCUT2D eigenvalue weighted by Gasteiger charge is 2.19. The number of piperidine rings is 1. The third kappa shape index (κ3) is 10.4. The Labute approximate surface area is 193 Å². The van der Waals surface area contributed by atoms with Crippen LogP contribution < -0.4 is 10.6 Å². The molecule has 0 aliphatic carbocycles. The summed E-state index contributed by atoms with van der Waals surface area (Å²) in [4.78, 5) is 14.6. The number of carbonyl (C=O) groups is 1. The SMILES string of the molecule is Cl.Cl.O=C(CC1CSCCN1)NCCCCN1CCC(Cc2ccccc2)CC1. The summed E-state index contributed by atoms with van der Waals surface area (Å²) in [6, 6.07) is 11.3. The molecule has 1 unspecified atom stereocenters. The molecule has 2 aliphatic heterocycles. The second-order valence-electron chi connectivity index (χ2n) is 7.96. The van der Waals surface area contributed by atoms with Crippen molar-refractivity contribution in [2.75, 3.05) is 44.2 Å². The minimum Gasteiger partial charge on any atom is -0.356 e. The molecule has 2 heterocycles. The van der Waals surface area contributed by atoms with Gasteiger partial charge in [0.2, 0.25) is 5.91 Å². The number of likely N-dealkylation sites (tertiary alicyclic amines) is 1. The number of unbranched alkanes of at least 4 members (excludes halogenated alkanes) is 1. The van der Waals surface area contributed by atoms with Gasteiger partial charge in [-0.15, -0.1) is 24.8 Å². The molecule has 0 spiro atoms. The van der Waals surface area contributed by atoms with E-state index >= 15 is 0 Å². The Morgan fingerprint density at radius 1 is 1.14 bits per heavy atom. The number of carbonyl (C=O) groups excluding carboxylic acids is 1. The van der Waals surface area contributed by atoms with Gasteiger partial charge in [-0.1, -0.05) is 30.3 Å². The van der Waals surface area contributed by atoms with E-state index in [2.05, 4.69) is 45.9 Å². The summed E-state index contributed by atoms with van der Waals surface area (Å²) in [6.45, 7) is 5.49. The van der Waals surface area contributed by atoms with Crippen LogP contribution >= 0.6 is 36.6 Å². The van der Waals surface area contributed by atoms with Crippen LogP contribution in [0.3, 0.4) is 0 Å². The predicted octanol–water partition coefficient (Wildman–Crippen LogP) is 3.78. The van der Waals surface area contributed by atoms with Gasteiger partial charge in [-0.05, 0) is 63.2 Å². The minimum atomic E-state index is 0. The van der Waals surface area contributed by atoms with E-state index in [1.54, 1.807) is 0 Å². The molecular weight excluding hydrogens is 425 g/mol. The van der Waals surface area contributed by atoms with Crippen molar-refractivity contribution in [2.45, 2.75) is 44.6 Å². The third-order valence-electron chi connectivity index (χ3n) is 5.73. The van der Waals surface area contributed by atoms with Crippen LogP contribution in [-0.2, 0) is 11.2 Å². The van der Waals surface area contributed by atoms with Gasteiger partial charge in [0.15, 0.2) is 0 Å². The first-order chi connectivity index (χ1) is 13.3. The zero-order valence-corrected chi connectivity index (χ0v) is 19.8. The fraction of sp³-hybridized carbons (Fsp3) is 0.682. The molecule has 29 heavy (non-hydrogen) atoms. The molecule has 2 N–H and O–H groups in total. The smallest absolute Gasteiger partial charge is 0.221 e. The molecule has 1 atom stereocenters. The Morgan fingerprint density at radius 3 is 2.59 bits per heavy atom. The summed E-state index contributed by atoms with van der Waals surface area (Å²) in [7, 11) is 0. The van der Waals surface area contributed by atoms with E-state index < -0.39 is 0 Å². The summed E-state index contributed by atoms with van der Waals surface area (Å²) >= 11 is 1.95. The first-order valence-corrected chi connectivity index (χ1v) is 11.8. The van der Waals surface area contributed by atoms with E-state index in [0.29, 0.717) is 12.5 Å². The van der Waals surface area contributed by atoms with Crippen LogP contribution in [-0.4, -0.2) is 61.1 Å². The Morgan fingerprint density at radius 2 is 1.90 bits per heavy atom. The lowest BCUT2D eigenvalue weighted by Crippen LogP contribution is -2.41. The van der Waals surface area contributed by atoms with Crippen LogP contribution in [0.25, 0.3) is 0 Å². The highest BCUT2D eigenvalue weighted by molar-refractivity contribution is 7.99. The van der Waals surface area contributed by atoms with E-state index in [1.165, 1.54) is 56.6 Å². The topological polar surface area (TPSA) is 44.4 Å². The van der Waals surface area contributed by atoms with E-state index in [1.807, 2.05) is 11.8 Å². The number of hydrogen-bond acceptors (Lipinski definition) is 4. The molecule has 1 aromatic carbocycles. The molecule has 0 saturated carbocycles. The van der Waals surface area contributed by atoms with Crippen molar-refractivity contribution >= 4 is 42.5 Å². The average molecular weight is 463 g/mol. The van der Waals surface area contributed by atoms with Crippen molar-refractivity contribution in [3.63, 3.8) is 0 Å². The molecular formula is C22H37Cl2N3OS. The molecule has 2 saturated heterocycles. The number of benzene rings is 1. The summed E-state index contributed by atoms with van der Waals surface area (Å²) < 4.78 is 0. The predicted molar refractivity (Wildman–Crippen MR) is 130 cm³/mol. The number of thioether (sulfide) groups is 1. The quantitative estimate of drug-likeness (QED) is 0.549. The molecule has 1 amide bonds. The lowest BCUT2D eigenvalue weighted by atomic mass is 9.90. The Bertz CT molecular complexity index is 550. The highest BCUT2D eigenvalue weighted by atomic mass is 35.5. The number of amides is 1. The third-order valence-corrected chi connectivity index (χ3v) is 6.86. The zero-order chi connectivity index (χ0) is 18.7. The normalized spacial score (nSPS) is 20.3. The summed E-state index contributed by atoms with van der Waals surface area (Å²) in [5, 5.41) is 6.52. The minimum absolute atomic E-state index is 0. The number of nitrogens with zero attached hydrogens (tertiary/aromatic N) is 1. The van der Waals surface area contributed by atoms with Crippen molar-refractivity contribution in [2.24, 2.45) is 5.92 Å². The van der Waals surface area contributed by atoms with E-state index in [4.69, 9.17) is 0 Å². The van der Waals surface area contributed by atoms with Crippen molar-refractivity contribution in [3.05, 3.63) is 35.9 Å². The maximum atomic E-state index is 12.0. The standard InChI is InChI=1S/C22H35N3OS.2ClH/c26-22(17-21-18-27-15-11-23-21)24-10-4-5-12-25-13-8-20(9-14-25)16-19-6-2-1-3-7-19;;/h1-3,6-7,20-21,23H,4-5,8-18H2,(H,24,26);2*1H. The number of rotatable bonds is 9. The second kappa shape index (κ2) is 15.4. The molecule has 3 rings (SSSR count). The first-order valence-electron chi connectivity index (χ1n) is 10.6. The molecule has 2 aliphatic rings. The van der Waals surface area contributed by atoms with Gasteiger partial charge in [-0.2, -0.15) is 11.8 Å². The largest absolute Gasteiger partial charge is 0.356 e. The van der Waals surface area contributed by atoms with Gasteiger partial charge >= 0.3 is 0 Å². The van der Waals surface area contributed by atoms with Crippen LogP contribution in [0.1, 0.15) is 37.7 Å². The molecule has 2 fully saturated rings. The maximum Gasteiger partial charge on any atom is 0.221 e. The zero-order valence-electron chi connectivity index (χ0n) is 17.3. The monoisotopic (exact) mass is 461 g/mol. The fourth-order valence-electron chi connectivity index (χ4n) is 4.10.